The molecule has 194 valence electrons. The Morgan fingerprint density at radius 1 is 1.08 bits per heavy atom. The first kappa shape index (κ1) is 24.8. The van der Waals surface area contributed by atoms with E-state index in [0.717, 1.165) is 51.3 Å². The molecule has 9 heteroatoms. The zero-order valence-corrected chi connectivity index (χ0v) is 21.5. The van der Waals surface area contributed by atoms with E-state index in [9.17, 15) is 9.90 Å². The Labute approximate surface area is 213 Å². The number of piperazine rings is 1. The number of piperidine rings is 2. The average molecular weight is 494 g/mol. The maximum atomic E-state index is 13.6. The number of amides is 1. The molecule has 1 amide bonds. The van der Waals surface area contributed by atoms with Crippen LogP contribution in [0.1, 0.15) is 32.6 Å². The van der Waals surface area contributed by atoms with Crippen molar-refractivity contribution in [1.82, 2.24) is 25.3 Å². The van der Waals surface area contributed by atoms with Gasteiger partial charge in [0.05, 0.1) is 17.3 Å². The molecule has 0 aliphatic carbocycles. The summed E-state index contributed by atoms with van der Waals surface area (Å²) >= 11 is 0. The van der Waals surface area contributed by atoms with Gasteiger partial charge >= 0.3 is 0 Å². The Morgan fingerprint density at radius 2 is 1.89 bits per heavy atom. The van der Waals surface area contributed by atoms with E-state index in [1.54, 1.807) is 12.1 Å². The van der Waals surface area contributed by atoms with Crippen LogP contribution in [0.5, 0.6) is 5.75 Å². The number of rotatable bonds is 5. The second kappa shape index (κ2) is 11.0. The van der Waals surface area contributed by atoms with Crippen LogP contribution in [-0.4, -0.2) is 96.0 Å². The van der Waals surface area contributed by atoms with E-state index in [2.05, 4.69) is 42.5 Å². The van der Waals surface area contributed by atoms with Crippen molar-refractivity contribution >= 4 is 17.4 Å². The quantitative estimate of drug-likeness (QED) is 0.584. The monoisotopic (exact) mass is 493 g/mol. The fourth-order valence-corrected chi connectivity index (χ4v) is 6.09. The number of likely N-dealkylation sites (tertiary alicyclic amines) is 1. The lowest BCUT2D eigenvalue weighted by atomic mass is 9.92. The van der Waals surface area contributed by atoms with Crippen LogP contribution in [0.15, 0.2) is 30.3 Å². The molecule has 3 aliphatic heterocycles. The Kier molecular flexibility index (Phi) is 7.57. The number of phenols is 1. The molecule has 1 aromatic heterocycles. The summed E-state index contributed by atoms with van der Waals surface area (Å²) in [4.78, 5) is 20.5. The molecule has 3 saturated heterocycles. The van der Waals surface area contributed by atoms with Gasteiger partial charge in [0.15, 0.2) is 5.82 Å². The summed E-state index contributed by atoms with van der Waals surface area (Å²) in [6.07, 6.45) is 4.48. The lowest BCUT2D eigenvalue weighted by molar-refractivity contribution is -0.138. The lowest BCUT2D eigenvalue weighted by Gasteiger charge is -2.44. The highest BCUT2D eigenvalue weighted by molar-refractivity contribution is 5.80. The number of nitrogens with one attached hydrogen (secondary N) is 2. The number of hydrogen-bond acceptors (Lipinski definition) is 8. The van der Waals surface area contributed by atoms with Crippen LogP contribution in [0.4, 0.5) is 11.5 Å². The molecule has 5 rings (SSSR count). The van der Waals surface area contributed by atoms with Gasteiger partial charge in [-0.1, -0.05) is 12.1 Å². The van der Waals surface area contributed by atoms with E-state index in [0.29, 0.717) is 42.1 Å². The number of anilines is 2. The summed E-state index contributed by atoms with van der Waals surface area (Å²) in [5, 5.41) is 25.7. The zero-order chi connectivity index (χ0) is 25.1. The average Bonchev–Trinajstić information content (AvgIpc) is 2.93. The van der Waals surface area contributed by atoms with Crippen molar-refractivity contribution in [2.45, 2.75) is 44.7 Å². The molecule has 0 radical (unpaired) electrons. The van der Waals surface area contributed by atoms with Crippen LogP contribution in [0.2, 0.25) is 0 Å². The minimum Gasteiger partial charge on any atom is -0.507 e. The number of carbonyl (C=O) groups excluding carboxylic acids is 1. The number of aromatic nitrogens is 2. The number of benzene rings is 1. The van der Waals surface area contributed by atoms with Crippen LogP contribution >= 0.6 is 0 Å². The summed E-state index contributed by atoms with van der Waals surface area (Å²) in [7, 11) is 1.84. The van der Waals surface area contributed by atoms with Gasteiger partial charge in [0.2, 0.25) is 5.91 Å². The van der Waals surface area contributed by atoms with Crippen LogP contribution in [0.3, 0.4) is 0 Å². The standard InChI is InChI=1S/C27H39N7O2/c1-19-17-33(27(36)20-6-5-13-32(18-20)21-9-11-29-12-10-21)14-15-34(19)24-16-23(30-31-26(24)28-2)22-7-3-4-8-25(22)35/h3-4,7-8,16,19-21,29,35H,5-6,9-15,17-18H2,1-2H3,(H,28,31)/t19-,20+/m0/s1. The number of para-hydroxylation sites is 1. The summed E-state index contributed by atoms with van der Waals surface area (Å²) < 4.78 is 0. The van der Waals surface area contributed by atoms with Crippen LogP contribution < -0.4 is 15.5 Å². The number of phenolic OH excluding ortho intramolecular Hbond substituents is 1. The van der Waals surface area contributed by atoms with Gasteiger partial charge in [0.1, 0.15) is 5.75 Å². The van der Waals surface area contributed by atoms with Crippen molar-refractivity contribution in [3.8, 4) is 17.0 Å². The molecule has 4 heterocycles. The fraction of sp³-hybridized carbons (Fsp3) is 0.593. The first-order chi connectivity index (χ1) is 17.5. The van der Waals surface area contributed by atoms with Gasteiger partial charge in [-0.25, -0.2) is 0 Å². The van der Waals surface area contributed by atoms with Crippen LogP contribution in [-0.2, 0) is 4.79 Å². The zero-order valence-electron chi connectivity index (χ0n) is 21.5. The molecule has 0 saturated carbocycles. The number of hydrogen-bond donors (Lipinski definition) is 3. The molecule has 2 atom stereocenters. The summed E-state index contributed by atoms with van der Waals surface area (Å²) in [6.45, 7) is 8.50. The summed E-state index contributed by atoms with van der Waals surface area (Å²) in [5.74, 6) is 1.31. The Morgan fingerprint density at radius 3 is 2.64 bits per heavy atom. The van der Waals surface area contributed by atoms with Crippen molar-refractivity contribution < 1.29 is 9.90 Å². The second-order valence-electron chi connectivity index (χ2n) is 10.4. The van der Waals surface area contributed by atoms with Gasteiger partial charge in [-0.2, -0.15) is 0 Å². The van der Waals surface area contributed by atoms with Crippen LogP contribution in [0, 0.1) is 5.92 Å². The Balaban J connectivity index is 1.27. The number of aromatic hydroxyl groups is 1. The minimum atomic E-state index is 0.107. The molecule has 3 fully saturated rings. The molecule has 3 N–H and O–H groups in total. The number of nitrogens with zero attached hydrogens (tertiary/aromatic N) is 5. The predicted molar refractivity (Wildman–Crippen MR) is 142 cm³/mol. The van der Waals surface area contributed by atoms with Crippen molar-refractivity contribution in [2.75, 3.05) is 63.1 Å². The molecule has 0 unspecified atom stereocenters. The van der Waals surface area contributed by atoms with Crippen molar-refractivity contribution in [1.29, 1.82) is 0 Å². The summed E-state index contributed by atoms with van der Waals surface area (Å²) in [6, 6.07) is 9.93. The maximum Gasteiger partial charge on any atom is 0.227 e. The van der Waals surface area contributed by atoms with Gasteiger partial charge in [0.25, 0.3) is 0 Å². The first-order valence-electron chi connectivity index (χ1n) is 13.4. The van der Waals surface area contributed by atoms with Gasteiger partial charge in [0, 0.05) is 50.9 Å². The number of carbonyl (C=O) groups is 1. The predicted octanol–water partition coefficient (Wildman–Crippen LogP) is 2.39. The Hall–Kier alpha value is -2.91. The molecule has 36 heavy (non-hydrogen) atoms. The summed E-state index contributed by atoms with van der Waals surface area (Å²) in [5.41, 5.74) is 2.24. The highest BCUT2D eigenvalue weighted by Gasteiger charge is 2.35. The van der Waals surface area contributed by atoms with Crippen molar-refractivity contribution in [2.24, 2.45) is 5.92 Å². The fourth-order valence-electron chi connectivity index (χ4n) is 6.09. The normalized spacial score (nSPS) is 24.1. The largest absolute Gasteiger partial charge is 0.507 e. The lowest BCUT2D eigenvalue weighted by Crippen LogP contribution is -2.57. The minimum absolute atomic E-state index is 0.107. The molecule has 9 nitrogen and oxygen atoms in total. The highest BCUT2D eigenvalue weighted by Crippen LogP contribution is 2.34. The van der Waals surface area contributed by atoms with Gasteiger partial charge in [-0.05, 0) is 70.4 Å². The maximum absolute atomic E-state index is 13.6. The van der Waals surface area contributed by atoms with Gasteiger partial charge in [-0.3, -0.25) is 9.69 Å². The van der Waals surface area contributed by atoms with E-state index in [1.807, 2.05) is 25.2 Å². The molecular weight excluding hydrogens is 454 g/mol. The SMILES string of the molecule is CNc1nnc(-c2ccccc2O)cc1N1CCN(C(=O)[C@@H]2CCCN(C3CCNCC3)C2)C[C@@H]1C. The third-order valence-electron chi connectivity index (χ3n) is 8.07. The van der Waals surface area contributed by atoms with E-state index >= 15 is 0 Å². The van der Waals surface area contributed by atoms with E-state index < -0.39 is 0 Å². The van der Waals surface area contributed by atoms with Crippen LogP contribution in [0.25, 0.3) is 11.3 Å². The smallest absolute Gasteiger partial charge is 0.227 e. The third kappa shape index (κ3) is 5.13. The third-order valence-corrected chi connectivity index (χ3v) is 8.07. The first-order valence-corrected chi connectivity index (χ1v) is 13.4. The van der Waals surface area contributed by atoms with E-state index in [1.165, 1.54) is 12.8 Å². The molecule has 0 spiro atoms. The van der Waals surface area contributed by atoms with Crippen molar-refractivity contribution in [3.05, 3.63) is 30.3 Å². The molecule has 2 aromatic rings. The molecule has 0 bridgehead atoms. The highest BCUT2D eigenvalue weighted by atomic mass is 16.3. The molecule has 1 aromatic carbocycles. The second-order valence-corrected chi connectivity index (χ2v) is 10.4. The molecule has 3 aliphatic rings. The van der Waals surface area contributed by atoms with E-state index in [4.69, 9.17) is 0 Å². The van der Waals surface area contributed by atoms with E-state index in [-0.39, 0.29) is 17.7 Å². The van der Waals surface area contributed by atoms with Crippen molar-refractivity contribution in [3.63, 3.8) is 0 Å². The van der Waals surface area contributed by atoms with Gasteiger partial charge < -0.3 is 25.5 Å². The molecular formula is C27H39N7O2. The Bertz CT molecular complexity index is 1060. The van der Waals surface area contributed by atoms with Gasteiger partial charge in [-0.15, -0.1) is 10.2 Å². The topological polar surface area (TPSA) is 96.9 Å².